The summed E-state index contributed by atoms with van der Waals surface area (Å²) < 4.78 is 1.63. The molecule has 3 aromatic rings. The highest BCUT2D eigenvalue weighted by Gasteiger charge is 2.24. The highest BCUT2D eigenvalue weighted by atomic mass is 16.6. The lowest BCUT2D eigenvalue weighted by Gasteiger charge is -2.29. The molecule has 152 valence electrons. The first-order chi connectivity index (χ1) is 13.8. The number of benzene rings is 1. The second-order valence-electron chi connectivity index (χ2n) is 6.95. The Morgan fingerprint density at radius 3 is 2.66 bits per heavy atom. The van der Waals surface area contributed by atoms with Crippen LogP contribution in [0, 0.1) is 13.8 Å². The summed E-state index contributed by atoms with van der Waals surface area (Å²) in [6.45, 7) is 7.58. The number of nitrogens with one attached hydrogen (secondary N) is 2. The van der Waals surface area contributed by atoms with Gasteiger partial charge in [-0.05, 0) is 51.0 Å². The Morgan fingerprint density at radius 2 is 2.00 bits per heavy atom. The summed E-state index contributed by atoms with van der Waals surface area (Å²) in [4.78, 5) is 34.1. The predicted octanol–water partition coefficient (Wildman–Crippen LogP) is 2.52. The van der Waals surface area contributed by atoms with E-state index in [-0.39, 0.29) is 17.9 Å². The summed E-state index contributed by atoms with van der Waals surface area (Å²) >= 11 is 0. The van der Waals surface area contributed by atoms with E-state index >= 15 is 0 Å². The van der Waals surface area contributed by atoms with Crippen molar-refractivity contribution in [1.82, 2.24) is 25.1 Å². The second-order valence-corrected chi connectivity index (χ2v) is 6.95. The van der Waals surface area contributed by atoms with Crippen LogP contribution in [0.25, 0.3) is 5.52 Å². The Morgan fingerprint density at radius 1 is 1.24 bits per heavy atom. The van der Waals surface area contributed by atoms with Crippen molar-refractivity contribution >= 4 is 23.0 Å². The molecule has 0 saturated carbocycles. The molecule has 0 unspecified atom stereocenters. The maximum Gasteiger partial charge on any atom is 0.274 e. The molecule has 0 aliphatic carbocycles. The van der Waals surface area contributed by atoms with Crippen molar-refractivity contribution < 1.29 is 14.4 Å². The molecule has 9 heteroatoms. The van der Waals surface area contributed by atoms with E-state index in [1.165, 1.54) is 18.4 Å². The zero-order valence-electron chi connectivity index (χ0n) is 17.1. The van der Waals surface area contributed by atoms with Crippen LogP contribution in [0.15, 0.2) is 36.9 Å². The highest BCUT2D eigenvalue weighted by molar-refractivity contribution is 5.99. The highest BCUT2D eigenvalue weighted by Crippen LogP contribution is 2.22. The van der Waals surface area contributed by atoms with Crippen molar-refractivity contribution in [3.8, 4) is 0 Å². The van der Waals surface area contributed by atoms with Gasteiger partial charge in [0.15, 0.2) is 0 Å². The van der Waals surface area contributed by atoms with Gasteiger partial charge in [-0.25, -0.2) is 20.0 Å². The molecule has 2 aromatic heterocycles. The van der Waals surface area contributed by atoms with Gasteiger partial charge in [0, 0.05) is 17.8 Å². The van der Waals surface area contributed by atoms with Gasteiger partial charge >= 0.3 is 0 Å². The maximum absolute atomic E-state index is 13.3. The van der Waals surface area contributed by atoms with Gasteiger partial charge in [-0.3, -0.25) is 19.9 Å². The third-order valence-corrected chi connectivity index (χ3v) is 4.63. The third-order valence-electron chi connectivity index (χ3n) is 4.63. The van der Waals surface area contributed by atoms with Gasteiger partial charge in [-0.1, -0.05) is 6.07 Å². The zero-order chi connectivity index (χ0) is 21.1. The third kappa shape index (κ3) is 4.04. The Bertz CT molecular complexity index is 1060. The van der Waals surface area contributed by atoms with Crippen molar-refractivity contribution in [2.75, 3.05) is 12.5 Å². The number of hydrazine groups is 1. The number of nitrogens with zero attached hydrogens (tertiary/aromatic N) is 4. The lowest BCUT2D eigenvalue weighted by atomic mass is 10.1. The SMILES string of the molecule is CONC(=O)c1ccc(C)c(NN(C(=O)c2cn3ncncc3c2C)C(C)C)c1. The van der Waals surface area contributed by atoms with E-state index in [9.17, 15) is 9.59 Å². The van der Waals surface area contributed by atoms with E-state index in [4.69, 9.17) is 0 Å². The first-order valence-electron chi connectivity index (χ1n) is 9.15. The fourth-order valence-electron chi connectivity index (χ4n) is 2.96. The molecular formula is C20H24N6O3. The summed E-state index contributed by atoms with van der Waals surface area (Å²) in [5.74, 6) is -0.569. The number of hydrogen-bond donors (Lipinski definition) is 2. The Hall–Kier alpha value is -3.46. The standard InChI is InChI=1S/C20H24N6O3/c1-12(2)26(20(28)16-10-25-18(14(16)4)9-21-11-22-25)23-17-8-15(7-6-13(17)3)19(27)24-29-5/h6-12,23H,1-5H3,(H,24,27). The van der Waals surface area contributed by atoms with Gasteiger partial charge < -0.3 is 0 Å². The van der Waals surface area contributed by atoms with Crippen molar-refractivity contribution in [2.24, 2.45) is 0 Å². The van der Waals surface area contributed by atoms with E-state index in [0.717, 1.165) is 16.6 Å². The van der Waals surface area contributed by atoms with Crippen LogP contribution in [-0.2, 0) is 4.84 Å². The number of aryl methyl sites for hydroxylation is 2. The fourth-order valence-corrected chi connectivity index (χ4v) is 2.96. The first-order valence-corrected chi connectivity index (χ1v) is 9.15. The number of fused-ring (bicyclic) bond motifs is 1. The Kier molecular flexibility index (Phi) is 5.79. The summed E-state index contributed by atoms with van der Waals surface area (Å²) in [5.41, 5.74) is 9.52. The van der Waals surface area contributed by atoms with Crippen LogP contribution in [0.4, 0.5) is 5.69 Å². The molecule has 9 nitrogen and oxygen atoms in total. The zero-order valence-corrected chi connectivity index (χ0v) is 17.1. The molecule has 0 spiro atoms. The monoisotopic (exact) mass is 396 g/mol. The number of hydrogen-bond acceptors (Lipinski definition) is 6. The second kappa shape index (κ2) is 8.27. The summed E-state index contributed by atoms with van der Waals surface area (Å²) in [5, 5.41) is 5.69. The predicted molar refractivity (Wildman–Crippen MR) is 108 cm³/mol. The molecule has 0 atom stereocenters. The van der Waals surface area contributed by atoms with Gasteiger partial charge in [0.05, 0.1) is 30.1 Å². The van der Waals surface area contributed by atoms with E-state index in [1.807, 2.05) is 33.8 Å². The Balaban J connectivity index is 1.94. The summed E-state index contributed by atoms with van der Waals surface area (Å²) in [7, 11) is 1.37. The fraction of sp³-hybridized carbons (Fsp3) is 0.300. The number of carbonyl (C=O) groups excluding carboxylic acids is 2. The van der Waals surface area contributed by atoms with Crippen molar-refractivity contribution in [1.29, 1.82) is 0 Å². The lowest BCUT2D eigenvalue weighted by molar-refractivity contribution is 0.0537. The molecule has 2 amide bonds. The van der Waals surface area contributed by atoms with Crippen LogP contribution in [-0.4, -0.2) is 44.6 Å². The molecule has 0 saturated heterocycles. The average molecular weight is 396 g/mol. The molecule has 2 heterocycles. The normalized spacial score (nSPS) is 11.0. The van der Waals surface area contributed by atoms with E-state index in [2.05, 4.69) is 25.8 Å². The average Bonchev–Trinajstić information content (AvgIpc) is 3.03. The van der Waals surface area contributed by atoms with E-state index < -0.39 is 0 Å². The van der Waals surface area contributed by atoms with Gasteiger partial charge in [0.25, 0.3) is 11.8 Å². The number of hydroxylamine groups is 1. The van der Waals surface area contributed by atoms with Crippen LogP contribution in [0.1, 0.15) is 45.7 Å². The maximum atomic E-state index is 13.3. The first kappa shape index (κ1) is 20.3. The van der Waals surface area contributed by atoms with Gasteiger partial charge in [-0.15, -0.1) is 0 Å². The van der Waals surface area contributed by atoms with Gasteiger partial charge in [0.2, 0.25) is 0 Å². The molecule has 0 bridgehead atoms. The minimum Gasteiger partial charge on any atom is -0.295 e. The van der Waals surface area contributed by atoms with Gasteiger partial charge in [-0.2, -0.15) is 5.10 Å². The number of carbonyl (C=O) groups is 2. The molecule has 1 aromatic carbocycles. The lowest BCUT2D eigenvalue weighted by Crippen LogP contribution is -2.42. The smallest absolute Gasteiger partial charge is 0.274 e. The molecule has 2 N–H and O–H groups in total. The van der Waals surface area contributed by atoms with Crippen LogP contribution in [0.2, 0.25) is 0 Å². The molecule has 0 radical (unpaired) electrons. The molecule has 0 aliphatic heterocycles. The van der Waals surface area contributed by atoms with Gasteiger partial charge in [0.1, 0.15) is 6.33 Å². The summed E-state index contributed by atoms with van der Waals surface area (Å²) in [6, 6.07) is 5.04. The van der Waals surface area contributed by atoms with E-state index in [0.29, 0.717) is 16.8 Å². The molecule has 0 aliphatic rings. The van der Waals surface area contributed by atoms with Crippen LogP contribution >= 0.6 is 0 Å². The molecule has 0 fully saturated rings. The molecule has 3 rings (SSSR count). The largest absolute Gasteiger partial charge is 0.295 e. The van der Waals surface area contributed by atoms with Crippen molar-refractivity contribution in [3.05, 3.63) is 59.2 Å². The molecular weight excluding hydrogens is 372 g/mol. The number of anilines is 1. The molecule has 29 heavy (non-hydrogen) atoms. The van der Waals surface area contributed by atoms with Crippen LogP contribution in [0.5, 0.6) is 0 Å². The quantitative estimate of drug-likeness (QED) is 0.621. The minimum absolute atomic E-state index is 0.146. The van der Waals surface area contributed by atoms with Crippen LogP contribution in [0.3, 0.4) is 0 Å². The van der Waals surface area contributed by atoms with Crippen molar-refractivity contribution in [2.45, 2.75) is 33.7 Å². The number of rotatable bonds is 6. The number of amides is 2. The number of aromatic nitrogens is 3. The minimum atomic E-state index is -0.369. The topological polar surface area (TPSA) is 101 Å². The summed E-state index contributed by atoms with van der Waals surface area (Å²) in [6.07, 6.45) is 4.80. The van der Waals surface area contributed by atoms with E-state index in [1.54, 1.807) is 29.0 Å². The van der Waals surface area contributed by atoms with Crippen LogP contribution < -0.4 is 10.9 Å². The Labute approximate surface area is 168 Å². The van der Waals surface area contributed by atoms with Crippen molar-refractivity contribution in [3.63, 3.8) is 0 Å².